The number of halogens is 2. The fourth-order valence-electron chi connectivity index (χ4n) is 1.83. The number of nitrogens with one attached hydrogen (secondary N) is 1. The number of hydrogen-bond donors (Lipinski definition) is 1. The lowest BCUT2D eigenvalue weighted by Crippen LogP contribution is -1.91. The zero-order valence-corrected chi connectivity index (χ0v) is 14.5. The molecule has 0 radical (unpaired) electrons. The molecule has 0 aliphatic heterocycles. The molecule has 3 nitrogen and oxygen atoms in total. The van der Waals surface area contributed by atoms with Crippen LogP contribution in [-0.2, 0) is 0 Å². The van der Waals surface area contributed by atoms with Gasteiger partial charge in [-0.15, -0.1) is 11.3 Å². The largest absolute Gasteiger partial charge is 0.253 e. The third-order valence-corrected chi connectivity index (χ3v) is 4.47. The Morgan fingerprint density at radius 2 is 2.00 bits per heavy atom. The summed E-state index contributed by atoms with van der Waals surface area (Å²) in [7, 11) is 0. The summed E-state index contributed by atoms with van der Waals surface area (Å²) in [6.45, 7) is 0. The van der Waals surface area contributed by atoms with Gasteiger partial charge in [-0.05, 0) is 12.1 Å². The summed E-state index contributed by atoms with van der Waals surface area (Å²) in [5.41, 5.74) is 5.80. The van der Waals surface area contributed by atoms with Crippen molar-refractivity contribution in [2.24, 2.45) is 5.10 Å². The first-order valence-corrected chi connectivity index (χ1v) is 8.52. The molecule has 1 heterocycles. The second kappa shape index (κ2) is 7.05. The number of anilines is 1. The van der Waals surface area contributed by atoms with Gasteiger partial charge in [0.05, 0.1) is 16.9 Å². The van der Waals surface area contributed by atoms with E-state index in [2.05, 4.69) is 31.4 Å². The van der Waals surface area contributed by atoms with Crippen LogP contribution in [0.1, 0.15) is 5.56 Å². The predicted molar refractivity (Wildman–Crippen MR) is 97.9 cm³/mol. The fourth-order valence-corrected chi connectivity index (χ4v) is 3.22. The summed E-state index contributed by atoms with van der Waals surface area (Å²) < 4.78 is 0.940. The van der Waals surface area contributed by atoms with Crippen LogP contribution in [-0.4, -0.2) is 11.2 Å². The van der Waals surface area contributed by atoms with Gasteiger partial charge in [0, 0.05) is 21.0 Å². The Labute approximate surface area is 145 Å². The highest BCUT2D eigenvalue weighted by Crippen LogP contribution is 2.24. The zero-order valence-electron chi connectivity index (χ0n) is 11.3. The Balaban J connectivity index is 1.69. The molecule has 0 aliphatic rings. The Hall–Kier alpha value is -1.69. The van der Waals surface area contributed by atoms with Gasteiger partial charge in [0.25, 0.3) is 0 Å². The first-order valence-electron chi connectivity index (χ1n) is 6.47. The molecule has 0 saturated heterocycles. The monoisotopic (exact) mass is 391 g/mol. The quantitative estimate of drug-likeness (QED) is 0.458. The third-order valence-electron chi connectivity index (χ3n) is 2.90. The number of hydrogen-bond acceptors (Lipinski definition) is 4. The van der Waals surface area contributed by atoms with Gasteiger partial charge in [-0.25, -0.2) is 4.98 Å². The molecular weight excluding hydrogens is 382 g/mol. The molecule has 0 amide bonds. The highest BCUT2D eigenvalue weighted by Gasteiger charge is 2.03. The maximum Gasteiger partial charge on any atom is 0.203 e. The molecule has 1 N–H and O–H groups in total. The van der Waals surface area contributed by atoms with Crippen molar-refractivity contribution in [2.75, 3.05) is 5.43 Å². The maximum absolute atomic E-state index is 6.13. The molecule has 0 aliphatic carbocycles. The van der Waals surface area contributed by atoms with E-state index >= 15 is 0 Å². The minimum Gasteiger partial charge on any atom is -0.253 e. The SMILES string of the molecule is Clc1cc(Br)ccc1C=NNc1nc(-c2ccccc2)cs1. The van der Waals surface area contributed by atoms with Crippen LogP contribution in [0.3, 0.4) is 0 Å². The van der Waals surface area contributed by atoms with Crippen molar-refractivity contribution < 1.29 is 0 Å². The number of benzene rings is 2. The molecule has 22 heavy (non-hydrogen) atoms. The standard InChI is InChI=1S/C16H11BrClN3S/c17-13-7-6-12(14(18)8-13)9-19-21-16-20-15(10-22-16)11-4-2-1-3-5-11/h1-10H,(H,20,21). The third kappa shape index (κ3) is 3.74. The first kappa shape index (κ1) is 15.2. The molecule has 0 bridgehead atoms. The van der Waals surface area contributed by atoms with Crippen LogP contribution in [0.15, 0.2) is 63.5 Å². The van der Waals surface area contributed by atoms with Crippen LogP contribution < -0.4 is 5.43 Å². The van der Waals surface area contributed by atoms with Crippen LogP contribution in [0.5, 0.6) is 0 Å². The van der Waals surface area contributed by atoms with Crippen molar-refractivity contribution in [2.45, 2.75) is 0 Å². The molecule has 2 aromatic carbocycles. The van der Waals surface area contributed by atoms with Gasteiger partial charge in [0.15, 0.2) is 0 Å². The minimum atomic E-state index is 0.643. The van der Waals surface area contributed by atoms with Gasteiger partial charge >= 0.3 is 0 Å². The second-order valence-corrected chi connectivity index (χ2v) is 6.62. The molecule has 1 aromatic heterocycles. The lowest BCUT2D eigenvalue weighted by Gasteiger charge is -1.98. The fraction of sp³-hybridized carbons (Fsp3) is 0. The van der Waals surface area contributed by atoms with Crippen molar-refractivity contribution in [1.29, 1.82) is 0 Å². The second-order valence-electron chi connectivity index (χ2n) is 4.44. The van der Waals surface area contributed by atoms with E-state index in [0.717, 1.165) is 26.4 Å². The average molecular weight is 393 g/mol. The predicted octanol–water partition coefficient (Wildman–Crippen LogP) is 5.67. The lowest BCUT2D eigenvalue weighted by atomic mass is 10.2. The van der Waals surface area contributed by atoms with E-state index in [4.69, 9.17) is 11.6 Å². The van der Waals surface area contributed by atoms with Crippen molar-refractivity contribution in [3.05, 3.63) is 69.0 Å². The normalized spacial score (nSPS) is 11.0. The number of aromatic nitrogens is 1. The summed E-state index contributed by atoms with van der Waals surface area (Å²) in [6.07, 6.45) is 1.68. The van der Waals surface area contributed by atoms with Gasteiger partial charge in [-0.1, -0.05) is 63.9 Å². The molecular formula is C16H11BrClN3S. The summed E-state index contributed by atoms with van der Waals surface area (Å²) >= 11 is 11.0. The molecule has 0 spiro atoms. The van der Waals surface area contributed by atoms with E-state index in [1.54, 1.807) is 6.21 Å². The van der Waals surface area contributed by atoms with E-state index in [9.17, 15) is 0 Å². The zero-order chi connectivity index (χ0) is 15.4. The van der Waals surface area contributed by atoms with Crippen LogP contribution >= 0.6 is 38.9 Å². The van der Waals surface area contributed by atoms with Crippen LogP contribution in [0, 0.1) is 0 Å². The molecule has 0 unspecified atom stereocenters. The number of hydrazone groups is 1. The number of rotatable bonds is 4. The van der Waals surface area contributed by atoms with Crippen molar-refractivity contribution in [3.8, 4) is 11.3 Å². The lowest BCUT2D eigenvalue weighted by molar-refractivity contribution is 1.29. The Morgan fingerprint density at radius 3 is 2.77 bits per heavy atom. The van der Waals surface area contributed by atoms with Crippen molar-refractivity contribution in [1.82, 2.24) is 4.98 Å². The van der Waals surface area contributed by atoms with Crippen LogP contribution in [0.2, 0.25) is 5.02 Å². The van der Waals surface area contributed by atoms with E-state index in [1.165, 1.54) is 11.3 Å². The van der Waals surface area contributed by atoms with Crippen LogP contribution in [0.4, 0.5) is 5.13 Å². The molecule has 0 saturated carbocycles. The molecule has 110 valence electrons. The van der Waals surface area contributed by atoms with E-state index < -0.39 is 0 Å². The highest BCUT2D eigenvalue weighted by atomic mass is 79.9. The van der Waals surface area contributed by atoms with Gasteiger partial charge in [-0.3, -0.25) is 5.43 Å². The number of thiazole rings is 1. The summed E-state index contributed by atoms with van der Waals surface area (Å²) in [6, 6.07) is 15.7. The minimum absolute atomic E-state index is 0.643. The van der Waals surface area contributed by atoms with Crippen molar-refractivity contribution >= 4 is 50.2 Å². The molecule has 0 atom stereocenters. The van der Waals surface area contributed by atoms with Gasteiger partial charge < -0.3 is 0 Å². The summed E-state index contributed by atoms with van der Waals surface area (Å²) in [5, 5.41) is 7.56. The Bertz CT molecular complexity index is 802. The topological polar surface area (TPSA) is 37.3 Å². The summed E-state index contributed by atoms with van der Waals surface area (Å²) in [4.78, 5) is 4.50. The van der Waals surface area contributed by atoms with E-state index in [0.29, 0.717) is 5.02 Å². The maximum atomic E-state index is 6.13. The van der Waals surface area contributed by atoms with Gasteiger partial charge in [-0.2, -0.15) is 5.10 Å². The van der Waals surface area contributed by atoms with Crippen molar-refractivity contribution in [3.63, 3.8) is 0 Å². The highest BCUT2D eigenvalue weighted by molar-refractivity contribution is 9.10. The van der Waals surface area contributed by atoms with Crippen LogP contribution in [0.25, 0.3) is 11.3 Å². The van der Waals surface area contributed by atoms with E-state index in [1.807, 2.05) is 53.9 Å². The first-order chi connectivity index (χ1) is 10.7. The summed E-state index contributed by atoms with van der Waals surface area (Å²) in [5.74, 6) is 0. The Morgan fingerprint density at radius 1 is 1.18 bits per heavy atom. The van der Waals surface area contributed by atoms with Gasteiger partial charge in [0.2, 0.25) is 5.13 Å². The molecule has 0 fully saturated rings. The number of nitrogens with zero attached hydrogens (tertiary/aromatic N) is 2. The molecule has 3 rings (SSSR count). The Kier molecular flexibility index (Phi) is 4.87. The molecule has 3 aromatic rings. The molecule has 6 heteroatoms. The smallest absolute Gasteiger partial charge is 0.203 e. The average Bonchev–Trinajstić information content (AvgIpc) is 2.99. The van der Waals surface area contributed by atoms with Gasteiger partial charge in [0.1, 0.15) is 0 Å². The van der Waals surface area contributed by atoms with E-state index in [-0.39, 0.29) is 0 Å².